The van der Waals surface area contributed by atoms with E-state index in [4.69, 9.17) is 0 Å². The predicted octanol–water partition coefficient (Wildman–Crippen LogP) is 5.06. The highest BCUT2D eigenvalue weighted by Crippen LogP contribution is 2.34. The van der Waals surface area contributed by atoms with Crippen LogP contribution < -0.4 is 0 Å². The Labute approximate surface area is 198 Å². The fourth-order valence-electron chi connectivity index (χ4n) is 3.83. The van der Waals surface area contributed by atoms with Crippen LogP contribution in [0.25, 0.3) is 44.7 Å². The molecule has 0 spiro atoms. The first kappa shape index (κ1) is 22.9. The fraction of sp³-hybridized carbons (Fsp3) is 0.167. The first-order valence-corrected chi connectivity index (χ1v) is 12.2. The van der Waals surface area contributed by atoms with Crippen LogP contribution in [-0.2, 0) is 23.1 Å². The van der Waals surface area contributed by atoms with E-state index in [1.165, 1.54) is 23.8 Å². The molecule has 11 heteroatoms. The molecule has 7 nitrogen and oxygen atoms in total. The largest absolute Gasteiger partial charge is 0.433 e. The van der Waals surface area contributed by atoms with Gasteiger partial charge in [0.15, 0.2) is 15.7 Å². The van der Waals surface area contributed by atoms with Crippen LogP contribution in [0.4, 0.5) is 13.2 Å². The maximum atomic E-state index is 13.1. The minimum absolute atomic E-state index is 0.0340. The zero-order valence-corrected chi connectivity index (χ0v) is 19.4. The van der Waals surface area contributed by atoms with E-state index < -0.39 is 21.7 Å². The molecule has 5 aromatic rings. The number of fused-ring (bicyclic) bond motifs is 2. The number of pyridine rings is 3. The highest BCUT2D eigenvalue weighted by atomic mass is 32.2. The van der Waals surface area contributed by atoms with Crippen LogP contribution in [-0.4, -0.2) is 38.7 Å². The van der Waals surface area contributed by atoms with Crippen LogP contribution in [0.3, 0.4) is 0 Å². The van der Waals surface area contributed by atoms with Crippen LogP contribution in [0.2, 0.25) is 0 Å². The van der Waals surface area contributed by atoms with Crippen molar-refractivity contribution in [1.29, 1.82) is 0 Å². The van der Waals surface area contributed by atoms with Gasteiger partial charge in [0.25, 0.3) is 0 Å². The van der Waals surface area contributed by atoms with Crippen molar-refractivity contribution < 1.29 is 21.6 Å². The number of sulfone groups is 1. The van der Waals surface area contributed by atoms with Gasteiger partial charge in [0.1, 0.15) is 11.4 Å². The number of para-hydroxylation sites is 1. The number of alkyl halides is 3. The SMILES string of the molecule is CCS(=O)(=O)c1cc(-c2ccc3ccccc3n2)cnc1-c1nc2cc(C(F)(F)F)ncc2n1C. The molecule has 1 aromatic carbocycles. The number of rotatable bonds is 4. The molecule has 0 radical (unpaired) electrons. The number of imidazole rings is 1. The molecule has 0 aliphatic carbocycles. The Hall–Kier alpha value is -3.86. The van der Waals surface area contributed by atoms with Gasteiger partial charge in [-0.3, -0.25) is 4.98 Å². The summed E-state index contributed by atoms with van der Waals surface area (Å²) in [5.41, 5.74) is 1.09. The molecule has 4 aromatic heterocycles. The Morgan fingerprint density at radius 2 is 1.71 bits per heavy atom. The second-order valence-corrected chi connectivity index (χ2v) is 10.2. The van der Waals surface area contributed by atoms with Crippen molar-refractivity contribution in [3.05, 3.63) is 66.6 Å². The number of halogens is 3. The van der Waals surface area contributed by atoms with Crippen molar-refractivity contribution in [1.82, 2.24) is 24.5 Å². The number of benzene rings is 1. The third-order valence-corrected chi connectivity index (χ3v) is 7.47. The molecule has 0 saturated carbocycles. The lowest BCUT2D eigenvalue weighted by atomic mass is 10.1. The van der Waals surface area contributed by atoms with Crippen LogP contribution in [0.15, 0.2) is 65.8 Å². The van der Waals surface area contributed by atoms with Crippen molar-refractivity contribution in [2.24, 2.45) is 7.05 Å². The minimum atomic E-state index is -4.63. The van der Waals surface area contributed by atoms with Crippen molar-refractivity contribution >= 4 is 31.8 Å². The molecule has 178 valence electrons. The van der Waals surface area contributed by atoms with Gasteiger partial charge < -0.3 is 4.57 Å². The third kappa shape index (κ3) is 4.01. The summed E-state index contributed by atoms with van der Waals surface area (Å²) in [5.74, 6) is -0.0776. The number of aromatic nitrogens is 5. The summed E-state index contributed by atoms with van der Waals surface area (Å²) < 4.78 is 66.9. The summed E-state index contributed by atoms with van der Waals surface area (Å²) in [6.45, 7) is 1.51. The van der Waals surface area contributed by atoms with E-state index in [1.807, 2.05) is 30.3 Å². The van der Waals surface area contributed by atoms with Gasteiger partial charge >= 0.3 is 6.18 Å². The van der Waals surface area contributed by atoms with Crippen LogP contribution in [0.1, 0.15) is 12.6 Å². The average molecular weight is 498 g/mol. The Morgan fingerprint density at radius 3 is 2.46 bits per heavy atom. The summed E-state index contributed by atoms with van der Waals surface area (Å²) in [6.07, 6.45) is -2.08. The molecule has 4 heterocycles. The molecule has 5 rings (SSSR count). The molecule has 0 atom stereocenters. The third-order valence-electron chi connectivity index (χ3n) is 5.73. The minimum Gasteiger partial charge on any atom is -0.324 e. The Bertz CT molecular complexity index is 1710. The molecule has 0 N–H and O–H groups in total. The zero-order valence-electron chi connectivity index (χ0n) is 18.6. The second-order valence-electron chi connectivity index (χ2n) is 7.91. The van der Waals surface area contributed by atoms with Crippen LogP contribution in [0, 0.1) is 0 Å². The normalized spacial score (nSPS) is 12.5. The van der Waals surface area contributed by atoms with Crippen molar-refractivity contribution in [2.75, 3.05) is 5.75 Å². The topological polar surface area (TPSA) is 90.6 Å². The van der Waals surface area contributed by atoms with Crippen molar-refractivity contribution in [3.8, 4) is 22.8 Å². The standard InChI is InChI=1S/C24H18F3N5O2S/c1-3-35(33,34)20-10-15(17-9-8-14-6-4-5-7-16(14)30-17)12-29-22(20)23-31-18-11-21(24(25,26)27)28-13-19(18)32(23)2/h4-13H,3H2,1-2H3. The van der Waals surface area contributed by atoms with Gasteiger partial charge in [0, 0.05) is 24.2 Å². The zero-order chi connectivity index (χ0) is 25.0. The van der Waals surface area contributed by atoms with Gasteiger partial charge in [-0.1, -0.05) is 31.2 Å². The second kappa shape index (κ2) is 8.12. The van der Waals surface area contributed by atoms with Crippen molar-refractivity contribution in [2.45, 2.75) is 18.0 Å². The number of aryl methyl sites for hydroxylation is 1. The molecule has 35 heavy (non-hydrogen) atoms. The lowest BCUT2D eigenvalue weighted by molar-refractivity contribution is -0.141. The van der Waals surface area contributed by atoms with Gasteiger partial charge in [-0.15, -0.1) is 0 Å². The summed E-state index contributed by atoms with van der Waals surface area (Å²) in [6, 6.07) is 13.5. The van der Waals surface area contributed by atoms with Gasteiger partial charge in [-0.2, -0.15) is 13.2 Å². The van der Waals surface area contributed by atoms with E-state index in [0.29, 0.717) is 16.8 Å². The molecule has 0 fully saturated rings. The quantitative estimate of drug-likeness (QED) is 0.345. The molecule has 0 amide bonds. The highest BCUT2D eigenvalue weighted by molar-refractivity contribution is 7.91. The maximum Gasteiger partial charge on any atom is 0.433 e. The Balaban J connectivity index is 1.70. The highest BCUT2D eigenvalue weighted by Gasteiger charge is 2.33. The monoisotopic (exact) mass is 497 g/mol. The molecule has 0 unspecified atom stereocenters. The van der Waals surface area contributed by atoms with E-state index in [-0.39, 0.29) is 27.7 Å². The lowest BCUT2D eigenvalue weighted by Gasteiger charge is -2.11. The lowest BCUT2D eigenvalue weighted by Crippen LogP contribution is -2.09. The summed E-state index contributed by atoms with van der Waals surface area (Å²) in [4.78, 5) is 16.7. The van der Waals surface area contributed by atoms with E-state index >= 15 is 0 Å². The molecule has 0 bridgehead atoms. The van der Waals surface area contributed by atoms with E-state index in [2.05, 4.69) is 19.9 Å². The van der Waals surface area contributed by atoms with E-state index in [0.717, 1.165) is 23.2 Å². The van der Waals surface area contributed by atoms with Gasteiger partial charge in [0.05, 0.1) is 39.1 Å². The summed E-state index contributed by atoms with van der Waals surface area (Å²) in [7, 11) is -2.20. The predicted molar refractivity (Wildman–Crippen MR) is 125 cm³/mol. The van der Waals surface area contributed by atoms with Crippen LogP contribution >= 0.6 is 0 Å². The summed E-state index contributed by atoms with van der Waals surface area (Å²) in [5, 5.41) is 0.939. The fourth-order valence-corrected chi connectivity index (χ4v) is 4.88. The first-order valence-electron chi connectivity index (χ1n) is 10.6. The molecular weight excluding hydrogens is 479 g/mol. The maximum absolute atomic E-state index is 13.1. The molecule has 0 saturated heterocycles. The smallest absolute Gasteiger partial charge is 0.324 e. The van der Waals surface area contributed by atoms with E-state index in [1.54, 1.807) is 13.1 Å². The Morgan fingerprint density at radius 1 is 0.943 bits per heavy atom. The van der Waals surface area contributed by atoms with Gasteiger partial charge in [0.2, 0.25) is 0 Å². The first-order chi connectivity index (χ1) is 16.6. The average Bonchev–Trinajstić information content (AvgIpc) is 3.18. The molecular formula is C24H18F3N5O2S. The van der Waals surface area contributed by atoms with E-state index in [9.17, 15) is 21.6 Å². The van der Waals surface area contributed by atoms with Crippen LogP contribution in [0.5, 0.6) is 0 Å². The number of hydrogen-bond donors (Lipinski definition) is 0. The Kier molecular flexibility index (Phi) is 5.32. The van der Waals surface area contributed by atoms with Gasteiger partial charge in [-0.05, 0) is 24.3 Å². The molecule has 0 aliphatic rings. The van der Waals surface area contributed by atoms with Crippen molar-refractivity contribution in [3.63, 3.8) is 0 Å². The van der Waals surface area contributed by atoms with Gasteiger partial charge in [-0.25, -0.2) is 23.4 Å². The number of nitrogens with zero attached hydrogens (tertiary/aromatic N) is 5. The molecule has 0 aliphatic heterocycles. The number of hydrogen-bond acceptors (Lipinski definition) is 6. The summed E-state index contributed by atoms with van der Waals surface area (Å²) >= 11 is 0.